The number of hydrogen-bond donors (Lipinski definition) is 0. The lowest BCUT2D eigenvalue weighted by Crippen LogP contribution is -2.44. The highest BCUT2D eigenvalue weighted by atomic mass is 15.3. The van der Waals surface area contributed by atoms with Crippen LogP contribution in [0, 0.1) is 17.3 Å². The summed E-state index contributed by atoms with van der Waals surface area (Å²) in [4.78, 5) is 0. The van der Waals surface area contributed by atoms with E-state index >= 15 is 0 Å². The summed E-state index contributed by atoms with van der Waals surface area (Å²) in [6.45, 7) is 9.86. The van der Waals surface area contributed by atoms with Crippen molar-refractivity contribution in [1.82, 2.24) is 0 Å². The molecule has 1 heteroatoms. The molecule has 1 saturated carbocycles. The van der Waals surface area contributed by atoms with Crippen LogP contribution in [0.3, 0.4) is 0 Å². The Morgan fingerprint density at radius 1 is 1.24 bits per heavy atom. The maximum atomic E-state index is 2.49. The highest BCUT2D eigenvalue weighted by Gasteiger charge is 2.37. The van der Waals surface area contributed by atoms with Crippen LogP contribution in [0.5, 0.6) is 0 Å². The van der Waals surface area contributed by atoms with E-state index in [2.05, 4.69) is 48.8 Å². The Hall–Kier alpha value is -0.0400. The topological polar surface area (TPSA) is 0 Å². The van der Waals surface area contributed by atoms with Crippen LogP contribution in [0.25, 0.3) is 0 Å². The minimum atomic E-state index is 0.572. The molecule has 0 aliphatic heterocycles. The predicted octanol–water partition coefficient (Wildman–Crippen LogP) is 4.32. The van der Waals surface area contributed by atoms with Gasteiger partial charge in [0, 0.05) is 0 Å². The molecule has 3 atom stereocenters. The van der Waals surface area contributed by atoms with Gasteiger partial charge in [-0.05, 0) is 43.4 Å². The molecule has 0 spiro atoms. The molecular weight excluding hydrogens is 206 g/mol. The van der Waals surface area contributed by atoms with Crippen LogP contribution in [0.4, 0.5) is 0 Å². The van der Waals surface area contributed by atoms with Gasteiger partial charge in [-0.25, -0.2) is 0 Å². The van der Waals surface area contributed by atoms with Crippen molar-refractivity contribution in [1.29, 1.82) is 0 Å². The largest absolute Gasteiger partial charge is 0.329 e. The summed E-state index contributed by atoms with van der Waals surface area (Å²) in [7, 11) is 6.96. The molecular formula is C16H34N+. The molecule has 0 heterocycles. The third-order valence-corrected chi connectivity index (χ3v) is 5.39. The van der Waals surface area contributed by atoms with Crippen LogP contribution in [-0.2, 0) is 0 Å². The van der Waals surface area contributed by atoms with Gasteiger partial charge < -0.3 is 4.48 Å². The third-order valence-electron chi connectivity index (χ3n) is 5.39. The number of hydrogen-bond acceptors (Lipinski definition) is 0. The molecule has 0 amide bonds. The predicted molar refractivity (Wildman–Crippen MR) is 77.0 cm³/mol. The molecule has 3 unspecified atom stereocenters. The molecule has 1 nitrogen and oxygen atoms in total. The number of rotatable bonds is 4. The molecule has 1 aliphatic carbocycles. The van der Waals surface area contributed by atoms with Crippen molar-refractivity contribution < 1.29 is 4.48 Å². The van der Waals surface area contributed by atoms with Crippen LogP contribution in [-0.4, -0.2) is 31.7 Å². The minimum absolute atomic E-state index is 0.572. The summed E-state index contributed by atoms with van der Waals surface area (Å²) in [5, 5.41) is 0. The summed E-state index contributed by atoms with van der Waals surface area (Å²) in [6, 6.07) is 0.778. The van der Waals surface area contributed by atoms with Gasteiger partial charge in [-0.3, -0.25) is 0 Å². The van der Waals surface area contributed by atoms with Crippen molar-refractivity contribution in [3.8, 4) is 0 Å². The Labute approximate surface area is 109 Å². The van der Waals surface area contributed by atoms with E-state index in [-0.39, 0.29) is 0 Å². The van der Waals surface area contributed by atoms with Crippen LogP contribution in [0.2, 0.25) is 0 Å². The van der Waals surface area contributed by atoms with Gasteiger partial charge >= 0.3 is 0 Å². The van der Waals surface area contributed by atoms with Crippen LogP contribution < -0.4 is 0 Å². The first-order chi connectivity index (χ1) is 7.64. The van der Waals surface area contributed by atoms with Gasteiger partial charge in [0.1, 0.15) is 0 Å². The second-order valence-corrected chi connectivity index (χ2v) is 8.01. The fourth-order valence-corrected chi connectivity index (χ4v) is 3.52. The van der Waals surface area contributed by atoms with E-state index < -0.39 is 0 Å². The smallest absolute Gasteiger partial charge is 0.0855 e. The minimum Gasteiger partial charge on any atom is -0.329 e. The monoisotopic (exact) mass is 240 g/mol. The van der Waals surface area contributed by atoms with E-state index in [1.54, 1.807) is 0 Å². The molecule has 0 aromatic rings. The van der Waals surface area contributed by atoms with E-state index in [9.17, 15) is 0 Å². The Balaban J connectivity index is 2.54. The van der Waals surface area contributed by atoms with Gasteiger partial charge in [-0.15, -0.1) is 0 Å². The van der Waals surface area contributed by atoms with E-state index in [1.807, 2.05) is 0 Å². The van der Waals surface area contributed by atoms with Crippen LogP contribution in [0.1, 0.15) is 59.8 Å². The Morgan fingerprint density at radius 3 is 2.29 bits per heavy atom. The Morgan fingerprint density at radius 2 is 1.82 bits per heavy atom. The maximum Gasteiger partial charge on any atom is 0.0855 e. The van der Waals surface area contributed by atoms with E-state index in [1.165, 1.54) is 32.1 Å². The lowest BCUT2D eigenvalue weighted by atomic mass is 9.62. The van der Waals surface area contributed by atoms with Gasteiger partial charge in [-0.2, -0.15) is 0 Å². The zero-order valence-corrected chi connectivity index (χ0v) is 13.2. The molecule has 0 bridgehead atoms. The molecule has 0 radical (unpaired) electrons. The van der Waals surface area contributed by atoms with Gasteiger partial charge in [0.25, 0.3) is 0 Å². The first-order valence-electron chi connectivity index (χ1n) is 7.45. The average molecular weight is 240 g/mol. The highest BCUT2D eigenvalue weighted by Crippen LogP contribution is 2.46. The van der Waals surface area contributed by atoms with Crippen LogP contribution in [0.15, 0.2) is 0 Å². The normalized spacial score (nSPS) is 31.2. The molecule has 0 saturated heterocycles. The summed E-state index contributed by atoms with van der Waals surface area (Å²) < 4.78 is 1.10. The van der Waals surface area contributed by atoms with Crippen molar-refractivity contribution >= 4 is 0 Å². The maximum absolute atomic E-state index is 2.49. The van der Waals surface area contributed by atoms with E-state index in [0.29, 0.717) is 5.41 Å². The molecule has 17 heavy (non-hydrogen) atoms. The lowest BCUT2D eigenvalue weighted by Gasteiger charge is -2.44. The molecule has 1 fully saturated rings. The van der Waals surface area contributed by atoms with Crippen molar-refractivity contribution in [3.63, 3.8) is 0 Å². The zero-order valence-electron chi connectivity index (χ0n) is 13.2. The van der Waals surface area contributed by atoms with Crippen molar-refractivity contribution in [2.45, 2.75) is 65.8 Å². The lowest BCUT2D eigenvalue weighted by molar-refractivity contribution is -0.894. The average Bonchev–Trinajstić information content (AvgIpc) is 2.14. The van der Waals surface area contributed by atoms with E-state index in [0.717, 1.165) is 22.4 Å². The SMILES string of the molecule is CC1CCCC(C)(C)C1CCC(C)[N+](C)(C)C. The fourth-order valence-electron chi connectivity index (χ4n) is 3.52. The molecule has 0 aromatic heterocycles. The van der Waals surface area contributed by atoms with Crippen molar-refractivity contribution in [3.05, 3.63) is 0 Å². The second-order valence-electron chi connectivity index (χ2n) is 8.01. The quantitative estimate of drug-likeness (QED) is 0.642. The standard InChI is InChI=1S/C16H34N/c1-13-9-8-12-16(3,4)15(13)11-10-14(2)17(5,6)7/h13-15H,8-12H2,1-7H3/q+1. The fraction of sp³-hybridized carbons (Fsp3) is 1.00. The Kier molecular flexibility index (Phi) is 4.68. The first kappa shape index (κ1) is 15.0. The van der Waals surface area contributed by atoms with Gasteiger partial charge in [0.15, 0.2) is 0 Å². The van der Waals surface area contributed by atoms with Crippen molar-refractivity contribution in [2.75, 3.05) is 21.1 Å². The molecule has 1 rings (SSSR count). The first-order valence-corrected chi connectivity index (χ1v) is 7.45. The molecule has 0 N–H and O–H groups in total. The van der Waals surface area contributed by atoms with Crippen molar-refractivity contribution in [2.24, 2.45) is 17.3 Å². The third kappa shape index (κ3) is 3.98. The summed E-state index contributed by atoms with van der Waals surface area (Å²) in [5.74, 6) is 1.86. The number of quaternary nitrogens is 1. The summed E-state index contributed by atoms with van der Waals surface area (Å²) >= 11 is 0. The van der Waals surface area contributed by atoms with Gasteiger partial charge in [0.05, 0.1) is 27.2 Å². The van der Waals surface area contributed by atoms with Gasteiger partial charge in [0.2, 0.25) is 0 Å². The van der Waals surface area contributed by atoms with E-state index in [4.69, 9.17) is 0 Å². The second kappa shape index (κ2) is 5.30. The zero-order chi connectivity index (χ0) is 13.3. The Bertz CT molecular complexity index is 236. The summed E-state index contributed by atoms with van der Waals surface area (Å²) in [6.07, 6.45) is 7.12. The number of nitrogens with zero attached hydrogens (tertiary/aromatic N) is 1. The molecule has 1 aliphatic rings. The highest BCUT2D eigenvalue weighted by molar-refractivity contribution is 4.86. The molecule has 102 valence electrons. The molecule has 0 aromatic carbocycles. The van der Waals surface area contributed by atoms with Gasteiger partial charge in [-0.1, -0.05) is 33.6 Å². The summed E-state index contributed by atoms with van der Waals surface area (Å²) in [5.41, 5.74) is 0.572. The van der Waals surface area contributed by atoms with Crippen LogP contribution >= 0.6 is 0 Å².